The zero-order chi connectivity index (χ0) is 10.7. The molecule has 0 atom stereocenters. The van der Waals surface area contributed by atoms with E-state index < -0.39 is 0 Å². The summed E-state index contributed by atoms with van der Waals surface area (Å²) in [4.78, 5) is 14.2. The standard InChI is InChI=1S/C11H20N2O2.2ClH/c1-15-10(14)11(4-2-5-11)13-8-3-6-12-7-9-13;;/h12H,2-9H2,1H3;2*1H. The molecule has 102 valence electrons. The van der Waals surface area contributed by atoms with E-state index >= 15 is 0 Å². The smallest absolute Gasteiger partial charge is 0.326 e. The first-order valence-electron chi connectivity index (χ1n) is 5.84. The Morgan fingerprint density at radius 2 is 1.88 bits per heavy atom. The minimum Gasteiger partial charge on any atom is -0.468 e. The molecule has 0 radical (unpaired) electrons. The van der Waals surface area contributed by atoms with Crippen LogP contribution < -0.4 is 5.32 Å². The lowest BCUT2D eigenvalue weighted by Crippen LogP contribution is -2.60. The number of carbonyl (C=O) groups is 1. The summed E-state index contributed by atoms with van der Waals surface area (Å²) in [7, 11) is 1.50. The van der Waals surface area contributed by atoms with Crippen molar-refractivity contribution in [2.45, 2.75) is 31.2 Å². The van der Waals surface area contributed by atoms with Gasteiger partial charge >= 0.3 is 5.97 Å². The van der Waals surface area contributed by atoms with E-state index in [9.17, 15) is 4.79 Å². The van der Waals surface area contributed by atoms with E-state index in [0.29, 0.717) is 0 Å². The Bertz CT molecular complexity index is 240. The fraction of sp³-hybridized carbons (Fsp3) is 0.909. The van der Waals surface area contributed by atoms with Crippen molar-refractivity contribution in [1.29, 1.82) is 0 Å². The minimum atomic E-state index is -0.277. The molecule has 2 fully saturated rings. The van der Waals surface area contributed by atoms with Gasteiger partial charge in [0.25, 0.3) is 0 Å². The van der Waals surface area contributed by atoms with Gasteiger partial charge in [-0.15, -0.1) is 24.8 Å². The normalized spacial score (nSPS) is 23.4. The third-order valence-electron chi connectivity index (χ3n) is 3.69. The molecule has 0 unspecified atom stereocenters. The monoisotopic (exact) mass is 284 g/mol. The lowest BCUT2D eigenvalue weighted by Gasteiger charge is -2.47. The Morgan fingerprint density at radius 1 is 1.18 bits per heavy atom. The molecule has 0 aromatic heterocycles. The first kappa shape index (κ1) is 17.0. The molecule has 2 aliphatic rings. The predicted octanol–water partition coefficient (Wildman–Crippen LogP) is 1.22. The van der Waals surface area contributed by atoms with Crippen molar-refractivity contribution in [1.82, 2.24) is 10.2 Å². The van der Waals surface area contributed by atoms with Gasteiger partial charge in [0.15, 0.2) is 0 Å². The third-order valence-corrected chi connectivity index (χ3v) is 3.69. The zero-order valence-corrected chi connectivity index (χ0v) is 11.9. The van der Waals surface area contributed by atoms with Crippen molar-refractivity contribution < 1.29 is 9.53 Å². The molecule has 0 aromatic carbocycles. The summed E-state index contributed by atoms with van der Waals surface area (Å²) in [6, 6.07) is 0. The van der Waals surface area contributed by atoms with Crippen LogP contribution in [-0.4, -0.2) is 49.7 Å². The number of ether oxygens (including phenoxy) is 1. The molecule has 1 N–H and O–H groups in total. The topological polar surface area (TPSA) is 41.6 Å². The molecule has 1 heterocycles. The van der Waals surface area contributed by atoms with Crippen LogP contribution in [0.2, 0.25) is 0 Å². The zero-order valence-electron chi connectivity index (χ0n) is 10.2. The summed E-state index contributed by atoms with van der Waals surface area (Å²) in [6.45, 7) is 4.03. The van der Waals surface area contributed by atoms with Gasteiger partial charge in [-0.1, -0.05) is 0 Å². The molecule has 0 aromatic rings. The molecule has 0 spiro atoms. The highest BCUT2D eigenvalue weighted by molar-refractivity contribution is 5.85. The van der Waals surface area contributed by atoms with Crippen LogP contribution in [0.3, 0.4) is 0 Å². The number of halogens is 2. The van der Waals surface area contributed by atoms with Gasteiger partial charge in [0.05, 0.1) is 7.11 Å². The Balaban J connectivity index is 0.00000128. The van der Waals surface area contributed by atoms with Gasteiger partial charge in [-0.25, -0.2) is 0 Å². The predicted molar refractivity (Wildman–Crippen MR) is 72.2 cm³/mol. The number of hydrogen-bond acceptors (Lipinski definition) is 4. The first-order valence-corrected chi connectivity index (χ1v) is 5.84. The van der Waals surface area contributed by atoms with Gasteiger partial charge in [0.2, 0.25) is 0 Å². The second kappa shape index (κ2) is 7.41. The summed E-state index contributed by atoms with van der Waals surface area (Å²) in [5, 5.41) is 3.36. The summed E-state index contributed by atoms with van der Waals surface area (Å²) in [6.07, 6.45) is 4.22. The lowest BCUT2D eigenvalue weighted by atomic mass is 9.75. The largest absolute Gasteiger partial charge is 0.468 e. The molecule has 4 nitrogen and oxygen atoms in total. The second-order valence-electron chi connectivity index (χ2n) is 4.47. The van der Waals surface area contributed by atoms with Gasteiger partial charge < -0.3 is 10.1 Å². The highest BCUT2D eigenvalue weighted by Gasteiger charge is 2.49. The maximum atomic E-state index is 11.8. The van der Waals surface area contributed by atoms with E-state index in [1.807, 2.05) is 0 Å². The van der Waals surface area contributed by atoms with Gasteiger partial charge in [-0.3, -0.25) is 9.69 Å². The molecule has 0 bridgehead atoms. The fourth-order valence-corrected chi connectivity index (χ4v) is 2.62. The number of rotatable bonds is 2. The number of nitrogens with one attached hydrogen (secondary N) is 1. The van der Waals surface area contributed by atoms with Crippen LogP contribution in [-0.2, 0) is 9.53 Å². The molecule has 1 saturated heterocycles. The van der Waals surface area contributed by atoms with Crippen LogP contribution >= 0.6 is 24.8 Å². The average molecular weight is 285 g/mol. The summed E-state index contributed by atoms with van der Waals surface area (Å²) in [5.41, 5.74) is -0.277. The van der Waals surface area contributed by atoms with E-state index in [1.165, 1.54) is 7.11 Å². The Labute approximate surface area is 115 Å². The molecular weight excluding hydrogens is 263 g/mol. The van der Waals surface area contributed by atoms with Crippen molar-refractivity contribution in [2.75, 3.05) is 33.3 Å². The number of methoxy groups -OCH3 is 1. The second-order valence-corrected chi connectivity index (χ2v) is 4.47. The highest BCUT2D eigenvalue weighted by atomic mass is 35.5. The van der Waals surface area contributed by atoms with Crippen LogP contribution in [0, 0.1) is 0 Å². The van der Waals surface area contributed by atoms with Crippen molar-refractivity contribution in [2.24, 2.45) is 0 Å². The molecule has 1 aliphatic carbocycles. The number of carbonyl (C=O) groups excluding carboxylic acids is 1. The van der Waals surface area contributed by atoms with E-state index in [2.05, 4.69) is 10.2 Å². The van der Waals surface area contributed by atoms with Crippen LogP contribution in [0.1, 0.15) is 25.7 Å². The molecule has 0 amide bonds. The van der Waals surface area contributed by atoms with Crippen molar-refractivity contribution in [3.8, 4) is 0 Å². The van der Waals surface area contributed by atoms with Gasteiger partial charge in [-0.05, 0) is 32.2 Å². The van der Waals surface area contributed by atoms with Gasteiger partial charge in [0, 0.05) is 19.6 Å². The number of hydrogen-bond donors (Lipinski definition) is 1. The first-order chi connectivity index (χ1) is 7.29. The van der Waals surface area contributed by atoms with Crippen LogP contribution in [0.15, 0.2) is 0 Å². The van der Waals surface area contributed by atoms with E-state index in [-0.39, 0.29) is 36.3 Å². The van der Waals surface area contributed by atoms with Crippen molar-refractivity contribution in [3.05, 3.63) is 0 Å². The SMILES string of the molecule is COC(=O)C1(N2CCCNCC2)CCC1.Cl.Cl. The van der Waals surface area contributed by atoms with Crippen LogP contribution in [0.4, 0.5) is 0 Å². The van der Waals surface area contributed by atoms with Gasteiger partial charge in [-0.2, -0.15) is 0 Å². The minimum absolute atomic E-state index is 0. The van der Waals surface area contributed by atoms with Crippen LogP contribution in [0.5, 0.6) is 0 Å². The summed E-state index contributed by atoms with van der Waals surface area (Å²) in [5.74, 6) is -0.0318. The maximum absolute atomic E-state index is 11.8. The Kier molecular flexibility index (Phi) is 7.40. The van der Waals surface area contributed by atoms with Crippen molar-refractivity contribution >= 4 is 30.8 Å². The van der Waals surface area contributed by atoms with Crippen LogP contribution in [0.25, 0.3) is 0 Å². The number of nitrogens with zero attached hydrogens (tertiary/aromatic N) is 1. The van der Waals surface area contributed by atoms with E-state index in [4.69, 9.17) is 4.74 Å². The molecule has 1 saturated carbocycles. The average Bonchev–Trinajstić information content (AvgIpc) is 2.45. The molecular formula is C11H22Cl2N2O2. The van der Waals surface area contributed by atoms with E-state index in [1.54, 1.807) is 0 Å². The molecule has 1 aliphatic heterocycles. The highest BCUT2D eigenvalue weighted by Crippen LogP contribution is 2.38. The molecule has 6 heteroatoms. The fourth-order valence-electron chi connectivity index (χ4n) is 2.62. The summed E-state index contributed by atoms with van der Waals surface area (Å²) < 4.78 is 4.95. The van der Waals surface area contributed by atoms with Crippen molar-refractivity contribution in [3.63, 3.8) is 0 Å². The Hall–Kier alpha value is -0.0300. The maximum Gasteiger partial charge on any atom is 0.326 e. The quantitative estimate of drug-likeness (QED) is 0.775. The van der Waals surface area contributed by atoms with E-state index in [0.717, 1.165) is 51.9 Å². The third kappa shape index (κ3) is 3.25. The molecule has 17 heavy (non-hydrogen) atoms. The van der Waals surface area contributed by atoms with Gasteiger partial charge in [0.1, 0.15) is 5.54 Å². The number of esters is 1. The summed E-state index contributed by atoms with van der Waals surface area (Å²) >= 11 is 0. The molecule has 2 rings (SSSR count). The lowest BCUT2D eigenvalue weighted by molar-refractivity contribution is -0.162. The Morgan fingerprint density at radius 3 is 2.41 bits per heavy atom.